The molecule has 4 rings (SSSR count). The number of anilines is 1. The molecule has 206 valence electrons. The molecule has 0 radical (unpaired) electrons. The molecule has 3 aromatic rings. The van der Waals surface area contributed by atoms with E-state index in [9.17, 15) is 9.18 Å². The van der Waals surface area contributed by atoms with Gasteiger partial charge in [-0.1, -0.05) is 25.1 Å². The van der Waals surface area contributed by atoms with Crippen LogP contribution in [0.5, 0.6) is 17.2 Å². The number of allylic oxidation sites excluding steroid dienone is 1. The Labute approximate surface area is 230 Å². The summed E-state index contributed by atoms with van der Waals surface area (Å²) in [7, 11) is 3.30. The van der Waals surface area contributed by atoms with Gasteiger partial charge in [-0.3, -0.25) is 0 Å². The fraction of sp³-hybridized carbons (Fsp3) is 0.344. The second-order valence-electron chi connectivity index (χ2n) is 10.5. The Morgan fingerprint density at radius 2 is 1.77 bits per heavy atom. The van der Waals surface area contributed by atoms with Gasteiger partial charge in [-0.25, -0.2) is 9.18 Å². The Morgan fingerprint density at radius 3 is 2.49 bits per heavy atom. The Morgan fingerprint density at radius 1 is 1.03 bits per heavy atom. The molecule has 0 aromatic heterocycles. The van der Waals surface area contributed by atoms with Crippen molar-refractivity contribution in [1.82, 2.24) is 4.90 Å². The minimum absolute atomic E-state index is 0.204. The number of ether oxygens (including phenoxy) is 3. The molecular formula is C32H37FN2O4. The Bertz CT molecular complexity index is 1410. The highest BCUT2D eigenvalue weighted by Gasteiger charge is 2.27. The van der Waals surface area contributed by atoms with E-state index in [-0.39, 0.29) is 18.0 Å². The van der Waals surface area contributed by atoms with Crippen molar-refractivity contribution < 1.29 is 23.4 Å². The zero-order valence-corrected chi connectivity index (χ0v) is 23.8. The smallest absolute Gasteiger partial charge is 0.414 e. The van der Waals surface area contributed by atoms with Crippen molar-refractivity contribution in [3.63, 3.8) is 0 Å². The van der Waals surface area contributed by atoms with Gasteiger partial charge in [0.1, 0.15) is 29.7 Å². The van der Waals surface area contributed by atoms with Crippen molar-refractivity contribution in [2.75, 3.05) is 26.0 Å². The van der Waals surface area contributed by atoms with Gasteiger partial charge in [-0.2, -0.15) is 0 Å². The molecule has 0 bridgehead atoms. The fourth-order valence-electron chi connectivity index (χ4n) is 5.04. The summed E-state index contributed by atoms with van der Waals surface area (Å²) in [6, 6.07) is 14.0. The van der Waals surface area contributed by atoms with Crippen LogP contribution in [0.2, 0.25) is 0 Å². The van der Waals surface area contributed by atoms with Crippen LogP contribution in [0, 0.1) is 12.7 Å². The Balaban J connectivity index is 1.78. The van der Waals surface area contributed by atoms with E-state index in [4.69, 9.17) is 14.2 Å². The van der Waals surface area contributed by atoms with Gasteiger partial charge < -0.3 is 24.4 Å². The van der Waals surface area contributed by atoms with Crippen LogP contribution in [0.15, 0.2) is 54.6 Å². The molecule has 39 heavy (non-hydrogen) atoms. The molecule has 0 unspecified atom stereocenters. The van der Waals surface area contributed by atoms with Crippen LogP contribution in [-0.2, 0) is 6.61 Å². The molecule has 1 aliphatic rings. The number of amides is 1. The minimum atomic E-state index is -0.422. The third-order valence-corrected chi connectivity index (χ3v) is 6.80. The standard InChI is InChI=1S/C32H37FN2O4/c1-8-15-35(6)31(36)39-23-11-12-25(29(17-23)37-7)24-13-14-27-30(21(3)18-32(4,5)34-27)26(24)19-38-28-16-22(33)10-9-20(28)2/h9-14,16-18,34H,8,15,19H2,1-7H3. The van der Waals surface area contributed by atoms with Gasteiger partial charge in [0.2, 0.25) is 0 Å². The topological polar surface area (TPSA) is 60.0 Å². The maximum Gasteiger partial charge on any atom is 0.414 e. The van der Waals surface area contributed by atoms with Gasteiger partial charge in [-0.05, 0) is 75.1 Å². The minimum Gasteiger partial charge on any atom is -0.496 e. The quantitative estimate of drug-likeness (QED) is 0.320. The maximum absolute atomic E-state index is 14.0. The van der Waals surface area contributed by atoms with E-state index in [0.29, 0.717) is 23.8 Å². The lowest BCUT2D eigenvalue weighted by Gasteiger charge is -2.33. The molecule has 0 saturated carbocycles. The zero-order chi connectivity index (χ0) is 28.3. The predicted molar refractivity (Wildman–Crippen MR) is 154 cm³/mol. The molecule has 0 aliphatic carbocycles. The summed E-state index contributed by atoms with van der Waals surface area (Å²) in [4.78, 5) is 14.0. The number of rotatable bonds is 8. The number of aryl methyl sites for hydroxylation is 1. The number of carbonyl (C=O) groups is 1. The highest BCUT2D eigenvalue weighted by molar-refractivity contribution is 5.88. The van der Waals surface area contributed by atoms with Crippen molar-refractivity contribution in [3.8, 4) is 28.4 Å². The second kappa shape index (κ2) is 11.4. The van der Waals surface area contributed by atoms with Crippen LogP contribution in [0.25, 0.3) is 16.7 Å². The lowest BCUT2D eigenvalue weighted by atomic mass is 9.85. The number of hydrogen-bond donors (Lipinski definition) is 1. The van der Waals surface area contributed by atoms with E-state index >= 15 is 0 Å². The molecule has 0 spiro atoms. The number of halogens is 1. The van der Waals surface area contributed by atoms with E-state index in [2.05, 4.69) is 38.2 Å². The summed E-state index contributed by atoms with van der Waals surface area (Å²) in [6.45, 7) is 11.1. The lowest BCUT2D eigenvalue weighted by Crippen LogP contribution is -2.32. The Kier molecular flexibility index (Phi) is 8.19. The molecule has 3 aromatic carbocycles. The number of carbonyl (C=O) groups excluding carboxylic acids is 1. The summed E-state index contributed by atoms with van der Waals surface area (Å²) in [5.74, 6) is 1.11. The van der Waals surface area contributed by atoms with Crippen LogP contribution in [0.3, 0.4) is 0 Å². The van der Waals surface area contributed by atoms with Crippen molar-refractivity contribution >= 4 is 17.4 Å². The summed E-state index contributed by atoms with van der Waals surface area (Å²) in [5.41, 5.74) is 6.49. The van der Waals surface area contributed by atoms with Crippen LogP contribution in [0.4, 0.5) is 14.9 Å². The van der Waals surface area contributed by atoms with Crippen LogP contribution >= 0.6 is 0 Å². The van der Waals surface area contributed by atoms with Crippen molar-refractivity contribution in [1.29, 1.82) is 0 Å². The van der Waals surface area contributed by atoms with E-state index in [1.165, 1.54) is 17.0 Å². The summed E-state index contributed by atoms with van der Waals surface area (Å²) in [6.07, 6.45) is 2.61. The molecule has 0 fully saturated rings. The van der Waals surface area contributed by atoms with Crippen molar-refractivity contribution in [2.45, 2.75) is 53.2 Å². The lowest BCUT2D eigenvalue weighted by molar-refractivity contribution is 0.163. The number of methoxy groups -OCH3 is 1. The molecular weight excluding hydrogens is 495 g/mol. The van der Waals surface area contributed by atoms with Crippen molar-refractivity contribution in [3.05, 3.63) is 77.1 Å². The van der Waals surface area contributed by atoms with Gasteiger partial charge in [0.25, 0.3) is 0 Å². The first-order valence-electron chi connectivity index (χ1n) is 13.2. The fourth-order valence-corrected chi connectivity index (χ4v) is 5.04. The number of hydrogen-bond acceptors (Lipinski definition) is 5. The third kappa shape index (κ3) is 6.19. The molecule has 0 atom stereocenters. The van der Waals surface area contributed by atoms with Gasteiger partial charge in [0.15, 0.2) is 0 Å². The molecule has 7 heteroatoms. The molecule has 1 N–H and O–H groups in total. The monoisotopic (exact) mass is 532 g/mol. The number of nitrogens with zero attached hydrogens (tertiary/aromatic N) is 1. The number of fused-ring (bicyclic) bond motifs is 1. The maximum atomic E-state index is 14.0. The third-order valence-electron chi connectivity index (χ3n) is 6.80. The van der Waals surface area contributed by atoms with E-state index in [1.54, 1.807) is 32.4 Å². The second-order valence-corrected chi connectivity index (χ2v) is 10.5. The van der Waals surface area contributed by atoms with E-state index in [0.717, 1.165) is 45.5 Å². The van der Waals surface area contributed by atoms with Gasteiger partial charge >= 0.3 is 6.09 Å². The van der Waals surface area contributed by atoms with Gasteiger partial charge in [0, 0.05) is 48.1 Å². The highest BCUT2D eigenvalue weighted by Crippen LogP contribution is 2.43. The normalized spacial score (nSPS) is 13.6. The first-order valence-corrected chi connectivity index (χ1v) is 13.2. The summed E-state index contributed by atoms with van der Waals surface area (Å²) < 4.78 is 31.6. The molecule has 1 amide bonds. The summed E-state index contributed by atoms with van der Waals surface area (Å²) >= 11 is 0. The average Bonchev–Trinajstić information content (AvgIpc) is 2.88. The van der Waals surface area contributed by atoms with Crippen molar-refractivity contribution in [2.24, 2.45) is 0 Å². The number of benzene rings is 3. The zero-order valence-electron chi connectivity index (χ0n) is 23.8. The average molecular weight is 533 g/mol. The largest absolute Gasteiger partial charge is 0.496 e. The first-order chi connectivity index (χ1) is 18.5. The van der Waals surface area contributed by atoms with Crippen LogP contribution in [-0.4, -0.2) is 37.2 Å². The SMILES string of the molecule is CCCN(C)C(=O)Oc1ccc(-c2ccc3c(c2COc2cc(F)ccc2C)C(C)=CC(C)(C)N3)c(OC)c1. The molecule has 1 aliphatic heterocycles. The highest BCUT2D eigenvalue weighted by atomic mass is 19.1. The van der Waals surface area contributed by atoms with Gasteiger partial charge in [0.05, 0.1) is 12.6 Å². The first kappa shape index (κ1) is 28.0. The van der Waals surface area contributed by atoms with Crippen LogP contribution < -0.4 is 19.5 Å². The number of nitrogens with one attached hydrogen (secondary N) is 1. The molecule has 1 heterocycles. The van der Waals surface area contributed by atoms with Gasteiger partial charge in [-0.15, -0.1) is 0 Å². The molecule has 0 saturated heterocycles. The van der Waals surface area contributed by atoms with E-state index < -0.39 is 6.09 Å². The van der Waals surface area contributed by atoms with E-state index in [1.807, 2.05) is 26.0 Å². The summed E-state index contributed by atoms with van der Waals surface area (Å²) in [5, 5.41) is 3.60. The Hall–Kier alpha value is -4.00. The predicted octanol–water partition coefficient (Wildman–Crippen LogP) is 7.84. The van der Waals surface area contributed by atoms with Crippen LogP contribution in [0.1, 0.15) is 50.8 Å². The molecule has 6 nitrogen and oxygen atoms in total.